The normalized spacial score (nSPS) is 33.6. The van der Waals surface area contributed by atoms with Gasteiger partial charge in [0.2, 0.25) is 0 Å². The lowest BCUT2D eigenvalue weighted by atomic mass is 9.74. The van der Waals surface area contributed by atoms with Gasteiger partial charge in [-0.05, 0) is 30.6 Å². The summed E-state index contributed by atoms with van der Waals surface area (Å²) >= 11 is 0. The summed E-state index contributed by atoms with van der Waals surface area (Å²) in [5, 5.41) is 8.94. The number of rotatable bonds is 2. The van der Waals surface area contributed by atoms with Crippen molar-refractivity contribution in [3.63, 3.8) is 0 Å². The summed E-state index contributed by atoms with van der Waals surface area (Å²) in [5.74, 6) is 1.26. The third kappa shape index (κ3) is 1.42. The summed E-state index contributed by atoms with van der Waals surface area (Å²) in [4.78, 5) is 0. The highest BCUT2D eigenvalue weighted by atomic mass is 16.3. The predicted molar refractivity (Wildman–Crippen MR) is 51.9 cm³/mol. The van der Waals surface area contributed by atoms with Crippen molar-refractivity contribution in [1.82, 2.24) is 0 Å². The van der Waals surface area contributed by atoms with Gasteiger partial charge in [0.05, 0.1) is 0 Å². The zero-order valence-electron chi connectivity index (χ0n) is 8.59. The fraction of sp³-hybridized carbons (Fsp3) is 0.818. The van der Waals surface area contributed by atoms with E-state index in [4.69, 9.17) is 5.11 Å². The van der Waals surface area contributed by atoms with Crippen molar-refractivity contribution in [1.29, 1.82) is 0 Å². The molecule has 0 aliphatic heterocycles. The highest BCUT2D eigenvalue weighted by molar-refractivity contribution is 5.20. The van der Waals surface area contributed by atoms with E-state index < -0.39 is 0 Å². The van der Waals surface area contributed by atoms with Crippen molar-refractivity contribution in [2.45, 2.75) is 34.1 Å². The SMILES string of the molecule is CC1=CC(C)C(CCO)C1(C)C. The van der Waals surface area contributed by atoms with Crippen LogP contribution in [0.2, 0.25) is 0 Å². The first-order valence-electron chi connectivity index (χ1n) is 4.80. The summed E-state index contributed by atoms with van der Waals surface area (Å²) in [6, 6.07) is 0. The largest absolute Gasteiger partial charge is 0.396 e. The Kier molecular flexibility index (Phi) is 2.62. The predicted octanol–water partition coefficient (Wildman–Crippen LogP) is 2.61. The van der Waals surface area contributed by atoms with Crippen molar-refractivity contribution in [3.8, 4) is 0 Å². The topological polar surface area (TPSA) is 20.2 Å². The molecule has 0 saturated carbocycles. The molecular formula is C11H20O. The van der Waals surface area contributed by atoms with E-state index in [0.29, 0.717) is 23.9 Å². The first-order chi connectivity index (χ1) is 5.50. The molecule has 0 heterocycles. The van der Waals surface area contributed by atoms with Gasteiger partial charge in [-0.2, -0.15) is 0 Å². The molecule has 70 valence electrons. The second-order valence-corrected chi connectivity index (χ2v) is 4.55. The molecule has 0 aromatic rings. The molecule has 1 nitrogen and oxygen atoms in total. The van der Waals surface area contributed by atoms with Gasteiger partial charge in [-0.25, -0.2) is 0 Å². The Morgan fingerprint density at radius 3 is 2.42 bits per heavy atom. The molecule has 1 N–H and O–H groups in total. The third-order valence-corrected chi connectivity index (χ3v) is 3.53. The second kappa shape index (κ2) is 3.21. The van der Waals surface area contributed by atoms with Crippen LogP contribution in [0.1, 0.15) is 34.1 Å². The molecule has 0 aromatic carbocycles. The van der Waals surface area contributed by atoms with E-state index in [2.05, 4.69) is 33.8 Å². The minimum atomic E-state index is 0.294. The minimum absolute atomic E-state index is 0.294. The Labute approximate surface area is 75.5 Å². The second-order valence-electron chi connectivity index (χ2n) is 4.55. The van der Waals surface area contributed by atoms with E-state index in [1.54, 1.807) is 0 Å². The molecular weight excluding hydrogens is 148 g/mol. The van der Waals surface area contributed by atoms with Gasteiger partial charge in [0.25, 0.3) is 0 Å². The van der Waals surface area contributed by atoms with Gasteiger partial charge in [0.1, 0.15) is 0 Å². The first kappa shape index (κ1) is 9.79. The fourth-order valence-corrected chi connectivity index (χ4v) is 2.44. The van der Waals surface area contributed by atoms with Crippen molar-refractivity contribution in [2.75, 3.05) is 6.61 Å². The van der Waals surface area contributed by atoms with Crippen LogP contribution in [-0.2, 0) is 0 Å². The lowest BCUT2D eigenvalue weighted by Crippen LogP contribution is -2.24. The van der Waals surface area contributed by atoms with E-state index in [-0.39, 0.29) is 0 Å². The average Bonchev–Trinajstić information content (AvgIpc) is 2.14. The summed E-state index contributed by atoms with van der Waals surface area (Å²) < 4.78 is 0. The van der Waals surface area contributed by atoms with Gasteiger partial charge < -0.3 is 5.11 Å². The summed E-state index contributed by atoms with van der Waals surface area (Å²) in [6.45, 7) is 9.33. The smallest absolute Gasteiger partial charge is 0.0434 e. The molecule has 1 aliphatic carbocycles. The molecule has 0 bridgehead atoms. The van der Waals surface area contributed by atoms with Crippen molar-refractivity contribution in [2.24, 2.45) is 17.3 Å². The molecule has 0 amide bonds. The van der Waals surface area contributed by atoms with Crippen LogP contribution in [0.25, 0.3) is 0 Å². The molecule has 2 unspecified atom stereocenters. The molecule has 1 aliphatic rings. The van der Waals surface area contributed by atoms with Crippen LogP contribution in [0.15, 0.2) is 11.6 Å². The lowest BCUT2D eigenvalue weighted by Gasteiger charge is -2.31. The van der Waals surface area contributed by atoms with Crippen molar-refractivity contribution in [3.05, 3.63) is 11.6 Å². The van der Waals surface area contributed by atoms with Crippen LogP contribution in [-0.4, -0.2) is 11.7 Å². The molecule has 0 aromatic heterocycles. The van der Waals surface area contributed by atoms with E-state index >= 15 is 0 Å². The van der Waals surface area contributed by atoms with Crippen LogP contribution in [0, 0.1) is 17.3 Å². The van der Waals surface area contributed by atoms with Gasteiger partial charge in [-0.3, -0.25) is 0 Å². The highest BCUT2D eigenvalue weighted by Crippen LogP contribution is 2.47. The van der Waals surface area contributed by atoms with E-state index in [1.165, 1.54) is 5.57 Å². The lowest BCUT2D eigenvalue weighted by molar-refractivity contribution is 0.174. The van der Waals surface area contributed by atoms with Crippen molar-refractivity contribution >= 4 is 0 Å². The van der Waals surface area contributed by atoms with Gasteiger partial charge in [-0.15, -0.1) is 0 Å². The van der Waals surface area contributed by atoms with Crippen LogP contribution >= 0.6 is 0 Å². The zero-order chi connectivity index (χ0) is 9.35. The Morgan fingerprint density at radius 1 is 1.50 bits per heavy atom. The number of allylic oxidation sites excluding steroid dienone is 2. The Bertz CT molecular complexity index is 191. The molecule has 0 radical (unpaired) electrons. The number of hydrogen-bond acceptors (Lipinski definition) is 1. The Morgan fingerprint density at radius 2 is 2.08 bits per heavy atom. The fourth-order valence-electron chi connectivity index (χ4n) is 2.44. The van der Waals surface area contributed by atoms with Crippen molar-refractivity contribution < 1.29 is 5.11 Å². The number of aliphatic hydroxyl groups excluding tert-OH is 1. The van der Waals surface area contributed by atoms with Gasteiger partial charge >= 0.3 is 0 Å². The maximum absolute atomic E-state index is 8.94. The first-order valence-corrected chi connectivity index (χ1v) is 4.80. The van der Waals surface area contributed by atoms with Gasteiger partial charge in [0, 0.05) is 6.61 Å². The number of hydrogen-bond donors (Lipinski definition) is 1. The summed E-state index contributed by atoms with van der Waals surface area (Å²) in [5.41, 5.74) is 1.77. The maximum Gasteiger partial charge on any atom is 0.0434 e. The highest BCUT2D eigenvalue weighted by Gasteiger charge is 2.38. The molecule has 1 heteroatoms. The standard InChI is InChI=1S/C11H20O/c1-8-7-9(2)11(3,4)10(8)5-6-12/h7-8,10,12H,5-6H2,1-4H3. The summed E-state index contributed by atoms with van der Waals surface area (Å²) in [6.07, 6.45) is 3.28. The Hall–Kier alpha value is -0.300. The van der Waals surface area contributed by atoms with E-state index in [0.717, 1.165) is 6.42 Å². The molecule has 1 rings (SSSR count). The van der Waals surface area contributed by atoms with Crippen LogP contribution in [0.5, 0.6) is 0 Å². The summed E-state index contributed by atoms with van der Waals surface area (Å²) in [7, 11) is 0. The Balaban J connectivity index is 2.77. The van der Waals surface area contributed by atoms with Crippen LogP contribution < -0.4 is 0 Å². The monoisotopic (exact) mass is 168 g/mol. The molecule has 0 spiro atoms. The van der Waals surface area contributed by atoms with Crippen LogP contribution in [0.4, 0.5) is 0 Å². The minimum Gasteiger partial charge on any atom is -0.396 e. The molecule has 0 saturated heterocycles. The van der Waals surface area contributed by atoms with E-state index in [1.807, 2.05) is 0 Å². The quantitative estimate of drug-likeness (QED) is 0.628. The average molecular weight is 168 g/mol. The molecule has 0 fully saturated rings. The molecule has 2 atom stereocenters. The van der Waals surface area contributed by atoms with Gasteiger partial charge in [0.15, 0.2) is 0 Å². The number of aliphatic hydroxyl groups is 1. The van der Waals surface area contributed by atoms with E-state index in [9.17, 15) is 0 Å². The van der Waals surface area contributed by atoms with Crippen LogP contribution in [0.3, 0.4) is 0 Å². The maximum atomic E-state index is 8.94. The molecule has 12 heavy (non-hydrogen) atoms. The third-order valence-electron chi connectivity index (χ3n) is 3.53. The van der Waals surface area contributed by atoms with Gasteiger partial charge in [-0.1, -0.05) is 32.4 Å². The zero-order valence-corrected chi connectivity index (χ0v) is 8.59.